The van der Waals surface area contributed by atoms with E-state index >= 15 is 0 Å². The number of halogens is 2. The van der Waals surface area contributed by atoms with Crippen LogP contribution in [-0.2, 0) is 0 Å². The molecule has 5 rings (SSSR count). The van der Waals surface area contributed by atoms with Gasteiger partial charge in [-0.1, -0.05) is 42.1 Å². The van der Waals surface area contributed by atoms with Crippen molar-refractivity contribution in [2.75, 3.05) is 0 Å². The molecule has 29 heavy (non-hydrogen) atoms. The van der Waals surface area contributed by atoms with Crippen molar-refractivity contribution >= 4 is 22.8 Å². The SMILES string of the molecule is CC(Sc1nnc(C2CC2)n1-c1ccccc1)c1nc2ccccc2n1C(F)F. The van der Waals surface area contributed by atoms with Crippen molar-refractivity contribution < 1.29 is 8.78 Å². The summed E-state index contributed by atoms with van der Waals surface area (Å²) in [5, 5.41) is 9.19. The van der Waals surface area contributed by atoms with Gasteiger partial charge in [0.05, 0.1) is 16.3 Å². The number of rotatable bonds is 6. The zero-order valence-electron chi connectivity index (χ0n) is 15.7. The highest BCUT2D eigenvalue weighted by Crippen LogP contribution is 2.43. The zero-order valence-corrected chi connectivity index (χ0v) is 16.6. The lowest BCUT2D eigenvalue weighted by Crippen LogP contribution is -2.07. The number of aromatic nitrogens is 5. The maximum Gasteiger partial charge on any atom is 0.320 e. The van der Waals surface area contributed by atoms with E-state index in [-0.39, 0.29) is 5.25 Å². The number of nitrogens with zero attached hydrogens (tertiary/aromatic N) is 5. The number of hydrogen-bond acceptors (Lipinski definition) is 4. The first-order valence-corrected chi connectivity index (χ1v) is 10.4. The van der Waals surface area contributed by atoms with E-state index in [0.29, 0.717) is 27.9 Å². The Balaban J connectivity index is 1.55. The van der Waals surface area contributed by atoms with Crippen LogP contribution in [0.4, 0.5) is 8.78 Å². The molecule has 2 heterocycles. The van der Waals surface area contributed by atoms with Gasteiger partial charge in [0.2, 0.25) is 0 Å². The second-order valence-corrected chi connectivity index (χ2v) is 8.46. The summed E-state index contributed by atoms with van der Waals surface area (Å²) in [7, 11) is 0. The third kappa shape index (κ3) is 3.31. The molecule has 0 aliphatic heterocycles. The van der Waals surface area contributed by atoms with Crippen molar-refractivity contribution in [3.05, 3.63) is 66.2 Å². The molecule has 1 aliphatic rings. The number of hydrogen-bond donors (Lipinski definition) is 0. The molecule has 0 N–H and O–H groups in total. The van der Waals surface area contributed by atoms with E-state index in [4.69, 9.17) is 0 Å². The second-order valence-electron chi connectivity index (χ2n) is 7.15. The molecule has 0 radical (unpaired) electrons. The Morgan fingerprint density at radius 2 is 1.72 bits per heavy atom. The molecule has 0 bridgehead atoms. The predicted molar refractivity (Wildman–Crippen MR) is 109 cm³/mol. The van der Waals surface area contributed by atoms with Crippen molar-refractivity contribution in [1.82, 2.24) is 24.3 Å². The van der Waals surface area contributed by atoms with Crippen molar-refractivity contribution in [2.24, 2.45) is 0 Å². The van der Waals surface area contributed by atoms with Gasteiger partial charge in [-0.25, -0.2) is 4.98 Å². The maximum absolute atomic E-state index is 13.8. The third-order valence-corrected chi connectivity index (χ3v) is 6.12. The van der Waals surface area contributed by atoms with Crippen LogP contribution in [0.15, 0.2) is 59.8 Å². The Morgan fingerprint density at radius 1 is 1.00 bits per heavy atom. The lowest BCUT2D eigenvalue weighted by molar-refractivity contribution is 0.0715. The average Bonchev–Trinajstić information content (AvgIpc) is 3.37. The van der Waals surface area contributed by atoms with Gasteiger partial charge in [0.25, 0.3) is 0 Å². The number of benzene rings is 2. The standard InChI is InChI=1S/C21H19F2N5S/c1-13(18-24-16-9-5-6-10-17(16)28(18)20(22)23)29-21-26-25-19(14-11-12-14)27(21)15-7-3-2-4-8-15/h2-10,13-14,20H,11-12H2,1H3. The highest BCUT2D eigenvalue weighted by atomic mass is 32.2. The Hall–Kier alpha value is -2.74. The lowest BCUT2D eigenvalue weighted by Gasteiger charge is -2.15. The summed E-state index contributed by atoms with van der Waals surface area (Å²) in [5.74, 6) is 1.69. The summed E-state index contributed by atoms with van der Waals surface area (Å²) in [6.45, 7) is -0.777. The lowest BCUT2D eigenvalue weighted by atomic mass is 10.3. The van der Waals surface area contributed by atoms with Crippen molar-refractivity contribution in [3.63, 3.8) is 0 Å². The smallest absolute Gasteiger partial charge is 0.274 e. The topological polar surface area (TPSA) is 48.5 Å². The van der Waals surface area contributed by atoms with Crippen LogP contribution in [0, 0.1) is 0 Å². The maximum atomic E-state index is 13.8. The second kappa shape index (κ2) is 7.26. The van der Waals surface area contributed by atoms with Crippen molar-refractivity contribution in [3.8, 4) is 5.69 Å². The number of alkyl halides is 2. The molecule has 5 nitrogen and oxygen atoms in total. The number of thioether (sulfide) groups is 1. The third-order valence-electron chi connectivity index (χ3n) is 5.08. The number of para-hydroxylation sites is 3. The molecule has 0 spiro atoms. The van der Waals surface area contributed by atoms with Crippen LogP contribution >= 0.6 is 11.8 Å². The molecule has 2 aromatic heterocycles. The molecular weight excluding hydrogens is 392 g/mol. The minimum absolute atomic E-state index is 0.324. The molecule has 2 aromatic carbocycles. The Labute approximate surface area is 170 Å². The van der Waals surface area contributed by atoms with Crippen LogP contribution in [0.1, 0.15) is 49.1 Å². The van der Waals surface area contributed by atoms with Gasteiger partial charge in [-0.15, -0.1) is 10.2 Å². The fourth-order valence-electron chi connectivity index (χ4n) is 3.55. The number of fused-ring (bicyclic) bond motifs is 1. The molecule has 0 amide bonds. The van der Waals surface area contributed by atoms with Crippen molar-refractivity contribution in [1.29, 1.82) is 0 Å². The van der Waals surface area contributed by atoms with Gasteiger partial charge in [0.1, 0.15) is 11.6 Å². The van der Waals surface area contributed by atoms with Crippen LogP contribution in [0.3, 0.4) is 0 Å². The first kappa shape index (κ1) is 18.3. The van der Waals surface area contributed by atoms with E-state index in [1.165, 1.54) is 11.8 Å². The molecule has 4 aromatic rings. The highest BCUT2D eigenvalue weighted by Gasteiger charge is 2.32. The van der Waals surface area contributed by atoms with E-state index < -0.39 is 6.55 Å². The van der Waals surface area contributed by atoms with E-state index in [1.807, 2.05) is 41.8 Å². The zero-order chi connectivity index (χ0) is 20.0. The molecular formula is C21H19F2N5S. The van der Waals surface area contributed by atoms with Crippen LogP contribution < -0.4 is 0 Å². The summed E-state index contributed by atoms with van der Waals surface area (Å²) in [6.07, 6.45) is 2.21. The summed E-state index contributed by atoms with van der Waals surface area (Å²) < 4.78 is 30.7. The molecule has 1 saturated carbocycles. The Morgan fingerprint density at radius 3 is 2.45 bits per heavy atom. The predicted octanol–water partition coefficient (Wildman–Crippen LogP) is 5.74. The molecule has 0 saturated heterocycles. The fraction of sp³-hybridized carbons (Fsp3) is 0.286. The minimum atomic E-state index is -2.66. The van der Waals surface area contributed by atoms with E-state index in [1.54, 1.807) is 24.3 Å². The van der Waals surface area contributed by atoms with Gasteiger partial charge in [-0.2, -0.15) is 8.78 Å². The van der Waals surface area contributed by atoms with Gasteiger partial charge < -0.3 is 0 Å². The van der Waals surface area contributed by atoms with E-state index in [9.17, 15) is 8.78 Å². The quantitative estimate of drug-likeness (QED) is 0.380. The Kier molecular flexibility index (Phi) is 4.58. The fourth-order valence-corrected chi connectivity index (χ4v) is 4.53. The van der Waals surface area contributed by atoms with Crippen LogP contribution in [0.25, 0.3) is 16.7 Å². The molecule has 1 unspecified atom stereocenters. The first-order chi connectivity index (χ1) is 14.1. The van der Waals surface area contributed by atoms with Gasteiger partial charge in [0, 0.05) is 11.6 Å². The molecule has 1 fully saturated rings. The molecule has 8 heteroatoms. The average molecular weight is 411 g/mol. The van der Waals surface area contributed by atoms with Crippen molar-refractivity contribution in [2.45, 2.75) is 42.6 Å². The normalized spacial score (nSPS) is 15.3. The molecule has 1 aliphatic carbocycles. The summed E-state index contributed by atoms with van der Waals surface area (Å²) in [5.41, 5.74) is 1.99. The number of imidazole rings is 1. The van der Waals surface area contributed by atoms with E-state index in [0.717, 1.165) is 28.9 Å². The van der Waals surface area contributed by atoms with E-state index in [2.05, 4.69) is 15.2 Å². The van der Waals surface area contributed by atoms with Gasteiger partial charge in [-0.05, 0) is 44.0 Å². The van der Waals surface area contributed by atoms with Crippen LogP contribution in [0.5, 0.6) is 0 Å². The summed E-state index contributed by atoms with van der Waals surface area (Å²) >= 11 is 1.40. The molecule has 1 atom stereocenters. The Bertz CT molecular complexity index is 1150. The van der Waals surface area contributed by atoms with Crippen LogP contribution in [-0.4, -0.2) is 24.3 Å². The molecule has 148 valence electrons. The largest absolute Gasteiger partial charge is 0.320 e. The summed E-state index contributed by atoms with van der Waals surface area (Å²) in [6, 6.07) is 16.9. The minimum Gasteiger partial charge on any atom is -0.274 e. The van der Waals surface area contributed by atoms with Gasteiger partial charge >= 0.3 is 6.55 Å². The monoisotopic (exact) mass is 411 g/mol. The van der Waals surface area contributed by atoms with Gasteiger partial charge in [-0.3, -0.25) is 9.13 Å². The first-order valence-electron chi connectivity index (χ1n) is 9.56. The van der Waals surface area contributed by atoms with Gasteiger partial charge in [0.15, 0.2) is 5.16 Å². The summed E-state index contributed by atoms with van der Waals surface area (Å²) in [4.78, 5) is 4.49. The highest BCUT2D eigenvalue weighted by molar-refractivity contribution is 7.99. The van der Waals surface area contributed by atoms with Crippen LogP contribution in [0.2, 0.25) is 0 Å².